The molecule has 0 radical (unpaired) electrons. The number of fused-ring (bicyclic) bond motifs is 1. The van der Waals surface area contributed by atoms with Crippen LogP contribution in [0, 0.1) is 0 Å². The minimum absolute atomic E-state index is 0.168. The summed E-state index contributed by atoms with van der Waals surface area (Å²) in [6.45, 7) is 1.94. The highest BCUT2D eigenvalue weighted by Gasteiger charge is 2.22. The van der Waals surface area contributed by atoms with Crippen molar-refractivity contribution in [3.63, 3.8) is 0 Å². The van der Waals surface area contributed by atoms with Crippen molar-refractivity contribution < 1.29 is 19.1 Å². The summed E-state index contributed by atoms with van der Waals surface area (Å²) in [4.78, 5) is 25.6. The third-order valence-electron chi connectivity index (χ3n) is 4.83. The Labute approximate surface area is 163 Å². The van der Waals surface area contributed by atoms with Crippen molar-refractivity contribution in [2.24, 2.45) is 0 Å². The van der Waals surface area contributed by atoms with Gasteiger partial charge in [0.1, 0.15) is 6.61 Å². The first kappa shape index (κ1) is 18.2. The number of carbonyl (C=O) groups is 2. The summed E-state index contributed by atoms with van der Waals surface area (Å²) < 4.78 is 11.4. The Morgan fingerprint density at radius 1 is 1.07 bits per heavy atom. The van der Waals surface area contributed by atoms with Crippen molar-refractivity contribution in [3.05, 3.63) is 54.1 Å². The summed E-state index contributed by atoms with van der Waals surface area (Å²) in [5.74, 6) is 1.58. The molecule has 0 saturated carbocycles. The number of hydrogen-bond donors (Lipinski definition) is 2. The van der Waals surface area contributed by atoms with Crippen LogP contribution in [0.15, 0.2) is 48.5 Å². The number of benzene rings is 2. The first-order valence-electron chi connectivity index (χ1n) is 9.48. The van der Waals surface area contributed by atoms with Crippen LogP contribution < -0.4 is 25.0 Å². The van der Waals surface area contributed by atoms with Crippen molar-refractivity contribution in [1.82, 2.24) is 10.6 Å². The van der Waals surface area contributed by atoms with Crippen LogP contribution in [0.4, 0.5) is 10.5 Å². The molecule has 7 nitrogen and oxygen atoms in total. The van der Waals surface area contributed by atoms with Crippen LogP contribution in [0.2, 0.25) is 0 Å². The molecule has 2 N–H and O–H groups in total. The van der Waals surface area contributed by atoms with Gasteiger partial charge in [-0.05, 0) is 36.2 Å². The topological polar surface area (TPSA) is 79.9 Å². The molecule has 0 bridgehead atoms. The second-order valence-corrected chi connectivity index (χ2v) is 6.88. The fraction of sp³-hybridized carbons (Fsp3) is 0.333. The van der Waals surface area contributed by atoms with Gasteiger partial charge in [0, 0.05) is 25.2 Å². The van der Waals surface area contributed by atoms with Gasteiger partial charge < -0.3 is 25.0 Å². The van der Waals surface area contributed by atoms with Crippen molar-refractivity contribution in [2.45, 2.75) is 25.5 Å². The van der Waals surface area contributed by atoms with Gasteiger partial charge in [-0.15, -0.1) is 0 Å². The van der Waals surface area contributed by atoms with Gasteiger partial charge in [0.25, 0.3) is 0 Å². The van der Waals surface area contributed by atoms with E-state index in [0.717, 1.165) is 30.0 Å². The summed E-state index contributed by atoms with van der Waals surface area (Å²) in [6.07, 6.45) is 1.30. The van der Waals surface area contributed by atoms with Crippen LogP contribution in [0.5, 0.6) is 11.5 Å². The molecule has 7 heteroatoms. The number of carbonyl (C=O) groups excluding carboxylic acids is 2. The Hall–Kier alpha value is -3.22. The Kier molecular flexibility index (Phi) is 5.32. The molecule has 1 atom stereocenters. The van der Waals surface area contributed by atoms with Gasteiger partial charge in [0.15, 0.2) is 17.6 Å². The molecule has 28 heavy (non-hydrogen) atoms. The Morgan fingerprint density at radius 3 is 2.61 bits per heavy atom. The maximum absolute atomic E-state index is 12.1. The zero-order valence-electron chi connectivity index (χ0n) is 15.5. The number of nitrogens with one attached hydrogen (secondary N) is 2. The number of anilines is 1. The molecule has 3 amide bonds. The second-order valence-electron chi connectivity index (χ2n) is 6.88. The van der Waals surface area contributed by atoms with E-state index < -0.39 is 0 Å². The normalized spacial score (nSPS) is 18.1. The molecule has 2 aliphatic heterocycles. The number of para-hydroxylation sites is 2. The van der Waals surface area contributed by atoms with Crippen LogP contribution in [-0.4, -0.2) is 37.7 Å². The van der Waals surface area contributed by atoms with E-state index in [1.54, 1.807) is 4.90 Å². The van der Waals surface area contributed by atoms with Crippen molar-refractivity contribution >= 4 is 17.6 Å². The maximum Gasteiger partial charge on any atom is 0.315 e. The van der Waals surface area contributed by atoms with Gasteiger partial charge in [0.2, 0.25) is 5.91 Å². The number of rotatable bonds is 5. The minimum atomic E-state index is -0.263. The number of ether oxygens (including phenoxy) is 2. The van der Waals surface area contributed by atoms with Gasteiger partial charge in [-0.2, -0.15) is 0 Å². The highest BCUT2D eigenvalue weighted by Crippen LogP contribution is 2.30. The monoisotopic (exact) mass is 381 g/mol. The first-order chi connectivity index (χ1) is 13.7. The minimum Gasteiger partial charge on any atom is -0.486 e. The SMILES string of the molecule is O=C(NCc1ccc(N2CCCC2=O)cc1)NCC1COc2ccccc2O1. The Balaban J connectivity index is 1.21. The molecule has 146 valence electrons. The maximum atomic E-state index is 12.1. The quantitative estimate of drug-likeness (QED) is 0.834. The van der Waals surface area contributed by atoms with Gasteiger partial charge in [-0.25, -0.2) is 4.79 Å². The van der Waals surface area contributed by atoms with Crippen molar-refractivity contribution in [2.75, 3.05) is 24.6 Å². The molecule has 0 spiro atoms. The van der Waals surface area contributed by atoms with Crippen molar-refractivity contribution in [3.8, 4) is 11.5 Å². The molecule has 2 heterocycles. The van der Waals surface area contributed by atoms with Gasteiger partial charge in [0.05, 0.1) is 6.54 Å². The summed E-state index contributed by atoms with van der Waals surface area (Å²) in [5.41, 5.74) is 1.88. The Morgan fingerprint density at radius 2 is 1.86 bits per heavy atom. The van der Waals surface area contributed by atoms with E-state index in [1.807, 2.05) is 48.5 Å². The lowest BCUT2D eigenvalue weighted by atomic mass is 10.2. The van der Waals surface area contributed by atoms with Crippen LogP contribution in [0.1, 0.15) is 18.4 Å². The lowest BCUT2D eigenvalue weighted by Crippen LogP contribution is -2.44. The molecule has 2 aliphatic rings. The number of nitrogens with zero attached hydrogens (tertiary/aromatic N) is 1. The molecule has 0 aromatic heterocycles. The number of urea groups is 1. The predicted molar refractivity (Wildman–Crippen MR) is 105 cm³/mol. The largest absolute Gasteiger partial charge is 0.486 e. The standard InChI is InChI=1S/C21H23N3O4/c25-20-6-3-11-24(20)16-9-7-15(8-10-16)12-22-21(26)23-13-17-14-27-18-4-1-2-5-19(18)28-17/h1-2,4-5,7-10,17H,3,6,11-14H2,(H2,22,23,26). The second kappa shape index (κ2) is 8.21. The van der Waals surface area contributed by atoms with Crippen LogP contribution in [-0.2, 0) is 11.3 Å². The number of hydrogen-bond acceptors (Lipinski definition) is 4. The fourth-order valence-electron chi connectivity index (χ4n) is 3.33. The summed E-state index contributed by atoms with van der Waals surface area (Å²) >= 11 is 0. The Bertz CT molecular complexity index is 853. The van der Waals surface area contributed by atoms with Gasteiger partial charge in [-0.1, -0.05) is 24.3 Å². The molecule has 1 saturated heterocycles. The van der Waals surface area contributed by atoms with E-state index in [9.17, 15) is 9.59 Å². The van der Waals surface area contributed by atoms with Crippen molar-refractivity contribution in [1.29, 1.82) is 0 Å². The third kappa shape index (κ3) is 4.19. The average Bonchev–Trinajstić information content (AvgIpc) is 3.17. The molecular weight excluding hydrogens is 358 g/mol. The smallest absolute Gasteiger partial charge is 0.315 e. The zero-order chi connectivity index (χ0) is 19.3. The predicted octanol–water partition coefficient (Wildman–Crippen LogP) is 2.45. The molecule has 4 rings (SSSR count). The molecule has 0 aliphatic carbocycles. The highest BCUT2D eigenvalue weighted by molar-refractivity contribution is 5.95. The first-order valence-corrected chi connectivity index (χ1v) is 9.48. The summed E-state index contributed by atoms with van der Waals surface area (Å²) in [5, 5.41) is 5.64. The number of amides is 3. The summed E-state index contributed by atoms with van der Waals surface area (Å²) in [7, 11) is 0. The van der Waals surface area contributed by atoms with E-state index >= 15 is 0 Å². The van der Waals surface area contributed by atoms with E-state index in [0.29, 0.717) is 31.9 Å². The third-order valence-corrected chi connectivity index (χ3v) is 4.83. The van der Waals surface area contributed by atoms with E-state index in [2.05, 4.69) is 10.6 Å². The van der Waals surface area contributed by atoms with E-state index in [1.165, 1.54) is 0 Å². The van der Waals surface area contributed by atoms with Gasteiger partial charge >= 0.3 is 6.03 Å². The van der Waals surface area contributed by atoms with E-state index in [-0.39, 0.29) is 18.0 Å². The molecule has 1 fully saturated rings. The zero-order valence-corrected chi connectivity index (χ0v) is 15.5. The molecule has 2 aromatic rings. The highest BCUT2D eigenvalue weighted by atomic mass is 16.6. The van der Waals surface area contributed by atoms with Crippen LogP contribution in [0.3, 0.4) is 0 Å². The average molecular weight is 381 g/mol. The van der Waals surface area contributed by atoms with Gasteiger partial charge in [-0.3, -0.25) is 4.79 Å². The van der Waals surface area contributed by atoms with Crippen LogP contribution in [0.25, 0.3) is 0 Å². The molecule has 2 aromatic carbocycles. The fourth-order valence-corrected chi connectivity index (χ4v) is 3.33. The molecule has 1 unspecified atom stereocenters. The van der Waals surface area contributed by atoms with Crippen LogP contribution >= 0.6 is 0 Å². The lowest BCUT2D eigenvalue weighted by molar-refractivity contribution is -0.117. The molecular formula is C21H23N3O4. The van der Waals surface area contributed by atoms with E-state index in [4.69, 9.17) is 9.47 Å². The lowest BCUT2D eigenvalue weighted by Gasteiger charge is -2.26. The summed E-state index contributed by atoms with van der Waals surface area (Å²) in [6, 6.07) is 14.9.